The number of hydrogen-bond acceptors (Lipinski definition) is 5. The first-order valence-corrected chi connectivity index (χ1v) is 7.25. The lowest BCUT2D eigenvalue weighted by molar-refractivity contribution is 0.429. The topological polar surface area (TPSA) is 50.7 Å². The van der Waals surface area contributed by atoms with Crippen LogP contribution in [0.5, 0.6) is 0 Å². The highest BCUT2D eigenvalue weighted by Crippen LogP contribution is 2.23. The van der Waals surface area contributed by atoms with E-state index in [1.54, 1.807) is 11.3 Å². The van der Waals surface area contributed by atoms with Crippen LogP contribution in [-0.2, 0) is 6.42 Å². The number of aryl methyl sites for hydroxylation is 1. The zero-order chi connectivity index (χ0) is 13.9. The van der Waals surface area contributed by atoms with Crippen LogP contribution in [0.2, 0.25) is 0 Å². The van der Waals surface area contributed by atoms with Gasteiger partial charge in [-0.1, -0.05) is 11.3 Å². The summed E-state index contributed by atoms with van der Waals surface area (Å²) in [6.45, 7) is 9.45. The Morgan fingerprint density at radius 2 is 2.00 bits per heavy atom. The molecule has 0 amide bonds. The molecular weight excluding hydrogens is 256 g/mol. The van der Waals surface area contributed by atoms with Crippen LogP contribution in [0.25, 0.3) is 10.6 Å². The van der Waals surface area contributed by atoms with Crippen molar-refractivity contribution in [3.63, 3.8) is 0 Å². The van der Waals surface area contributed by atoms with Crippen molar-refractivity contribution in [1.82, 2.24) is 20.5 Å². The molecule has 0 aliphatic rings. The van der Waals surface area contributed by atoms with Crippen LogP contribution in [0, 0.1) is 6.92 Å². The Morgan fingerprint density at radius 3 is 2.68 bits per heavy atom. The molecule has 0 bridgehead atoms. The van der Waals surface area contributed by atoms with Crippen molar-refractivity contribution >= 4 is 11.3 Å². The fourth-order valence-electron chi connectivity index (χ4n) is 1.69. The monoisotopic (exact) mass is 276 g/mol. The van der Waals surface area contributed by atoms with Gasteiger partial charge in [-0.2, -0.15) is 0 Å². The van der Waals surface area contributed by atoms with E-state index in [0.29, 0.717) is 0 Å². The third-order valence-electron chi connectivity index (χ3n) is 2.58. The highest BCUT2D eigenvalue weighted by Gasteiger charge is 2.10. The average molecular weight is 276 g/mol. The maximum Gasteiger partial charge on any atom is 0.149 e. The fourth-order valence-corrected chi connectivity index (χ4v) is 2.51. The summed E-state index contributed by atoms with van der Waals surface area (Å²) >= 11 is 1.64. The van der Waals surface area contributed by atoms with Gasteiger partial charge in [0.25, 0.3) is 0 Å². The molecule has 1 N–H and O–H groups in total. The van der Waals surface area contributed by atoms with Crippen LogP contribution in [0.4, 0.5) is 0 Å². The molecule has 0 fully saturated rings. The number of hydrogen-bond donors (Lipinski definition) is 1. The van der Waals surface area contributed by atoms with Gasteiger partial charge in [-0.3, -0.25) is 4.98 Å². The van der Waals surface area contributed by atoms with Crippen molar-refractivity contribution in [2.45, 2.75) is 39.7 Å². The van der Waals surface area contributed by atoms with Crippen LogP contribution in [0.1, 0.15) is 31.3 Å². The number of nitrogens with one attached hydrogen (secondary N) is 1. The first-order chi connectivity index (χ1) is 8.94. The van der Waals surface area contributed by atoms with Gasteiger partial charge in [0.15, 0.2) is 0 Å². The largest absolute Gasteiger partial charge is 0.312 e. The van der Waals surface area contributed by atoms with E-state index in [9.17, 15) is 0 Å². The lowest BCUT2D eigenvalue weighted by Crippen LogP contribution is -2.37. The van der Waals surface area contributed by atoms with Gasteiger partial charge in [0.05, 0.1) is 0 Å². The van der Waals surface area contributed by atoms with E-state index >= 15 is 0 Å². The van der Waals surface area contributed by atoms with Crippen molar-refractivity contribution in [2.75, 3.05) is 6.54 Å². The molecule has 0 atom stereocenters. The second kappa shape index (κ2) is 5.75. The molecule has 0 radical (unpaired) electrons. The molecule has 0 aliphatic carbocycles. The summed E-state index contributed by atoms with van der Waals surface area (Å²) in [5.41, 5.74) is 2.34. The summed E-state index contributed by atoms with van der Waals surface area (Å²) < 4.78 is 0. The van der Waals surface area contributed by atoms with Gasteiger partial charge >= 0.3 is 0 Å². The van der Waals surface area contributed by atoms with E-state index in [1.165, 1.54) is 0 Å². The molecule has 2 heterocycles. The lowest BCUT2D eigenvalue weighted by Gasteiger charge is -2.19. The second-order valence-corrected chi connectivity index (χ2v) is 6.74. The van der Waals surface area contributed by atoms with Crippen molar-refractivity contribution < 1.29 is 0 Å². The smallest absolute Gasteiger partial charge is 0.149 e. The Morgan fingerprint density at radius 1 is 1.21 bits per heavy atom. The standard InChI is InChI=1S/C14H20N4S/c1-10-7-11(9-15-8-10)13-18-17-12(19-13)5-6-16-14(2,3)4/h7-9,16H,5-6H2,1-4H3. The van der Waals surface area contributed by atoms with Crippen LogP contribution < -0.4 is 5.32 Å². The molecular formula is C14H20N4S. The Hall–Kier alpha value is -1.33. The molecule has 0 spiro atoms. The van der Waals surface area contributed by atoms with Crippen LogP contribution in [0.3, 0.4) is 0 Å². The molecule has 2 aromatic heterocycles. The molecule has 0 unspecified atom stereocenters. The number of nitrogens with zero attached hydrogens (tertiary/aromatic N) is 3. The second-order valence-electron chi connectivity index (χ2n) is 5.68. The molecule has 4 nitrogen and oxygen atoms in total. The maximum atomic E-state index is 4.24. The minimum atomic E-state index is 0.147. The van der Waals surface area contributed by atoms with E-state index in [0.717, 1.165) is 34.1 Å². The zero-order valence-corrected chi connectivity index (χ0v) is 12.7. The predicted molar refractivity (Wildman–Crippen MR) is 79.3 cm³/mol. The van der Waals surface area contributed by atoms with Gasteiger partial charge < -0.3 is 5.32 Å². The third-order valence-corrected chi connectivity index (χ3v) is 3.62. The van der Waals surface area contributed by atoms with Gasteiger partial charge in [0.2, 0.25) is 0 Å². The number of rotatable bonds is 4. The maximum absolute atomic E-state index is 4.24. The highest BCUT2D eigenvalue weighted by molar-refractivity contribution is 7.14. The summed E-state index contributed by atoms with van der Waals surface area (Å²) in [6.07, 6.45) is 4.59. The quantitative estimate of drug-likeness (QED) is 0.933. The Balaban J connectivity index is 1.99. The highest BCUT2D eigenvalue weighted by atomic mass is 32.1. The molecule has 0 saturated heterocycles. The molecule has 0 saturated carbocycles. The molecule has 2 aromatic rings. The minimum Gasteiger partial charge on any atom is -0.312 e. The van der Waals surface area contributed by atoms with Crippen molar-refractivity contribution in [1.29, 1.82) is 0 Å². The van der Waals surface area contributed by atoms with Gasteiger partial charge in [-0.25, -0.2) is 0 Å². The van der Waals surface area contributed by atoms with E-state index in [1.807, 2.05) is 19.3 Å². The van der Waals surface area contributed by atoms with Crippen molar-refractivity contribution in [2.24, 2.45) is 0 Å². The van der Waals surface area contributed by atoms with Crippen molar-refractivity contribution in [3.05, 3.63) is 29.0 Å². The summed E-state index contributed by atoms with van der Waals surface area (Å²) in [7, 11) is 0. The van der Waals surface area contributed by atoms with Crippen LogP contribution >= 0.6 is 11.3 Å². The Kier molecular flexibility index (Phi) is 4.27. The summed E-state index contributed by atoms with van der Waals surface area (Å²) in [4.78, 5) is 4.19. The van der Waals surface area contributed by atoms with E-state index in [-0.39, 0.29) is 5.54 Å². The molecule has 2 rings (SSSR count). The van der Waals surface area contributed by atoms with E-state index in [2.05, 4.69) is 47.3 Å². The average Bonchev–Trinajstić information content (AvgIpc) is 2.76. The predicted octanol–water partition coefficient (Wildman–Crippen LogP) is 2.84. The Bertz CT molecular complexity index is 542. The molecule has 5 heteroatoms. The number of pyridine rings is 1. The first-order valence-electron chi connectivity index (χ1n) is 6.43. The first kappa shape index (κ1) is 14.1. The van der Waals surface area contributed by atoms with Gasteiger partial charge in [-0.15, -0.1) is 10.2 Å². The van der Waals surface area contributed by atoms with Crippen LogP contribution in [0.15, 0.2) is 18.5 Å². The Labute approximate surface area is 118 Å². The SMILES string of the molecule is Cc1cncc(-c2nnc(CCNC(C)(C)C)s2)c1. The summed E-state index contributed by atoms with van der Waals surface area (Å²) in [5, 5.41) is 14.0. The molecule has 19 heavy (non-hydrogen) atoms. The molecule has 102 valence electrons. The van der Waals surface area contributed by atoms with Crippen molar-refractivity contribution in [3.8, 4) is 10.6 Å². The fraction of sp³-hybridized carbons (Fsp3) is 0.500. The van der Waals surface area contributed by atoms with E-state index in [4.69, 9.17) is 0 Å². The molecule has 0 aliphatic heterocycles. The van der Waals surface area contributed by atoms with Gasteiger partial charge in [-0.05, 0) is 39.3 Å². The third kappa shape index (κ3) is 4.36. The lowest BCUT2D eigenvalue weighted by atomic mass is 10.1. The van der Waals surface area contributed by atoms with Crippen LogP contribution in [-0.4, -0.2) is 27.3 Å². The van der Waals surface area contributed by atoms with Gasteiger partial charge in [0, 0.05) is 36.5 Å². The normalized spacial score (nSPS) is 11.8. The summed E-state index contributed by atoms with van der Waals surface area (Å²) in [6, 6.07) is 2.09. The zero-order valence-electron chi connectivity index (χ0n) is 11.9. The molecule has 0 aromatic carbocycles. The van der Waals surface area contributed by atoms with Gasteiger partial charge in [0.1, 0.15) is 10.0 Å². The minimum absolute atomic E-state index is 0.147. The number of aromatic nitrogens is 3. The van der Waals surface area contributed by atoms with E-state index < -0.39 is 0 Å². The summed E-state index contributed by atoms with van der Waals surface area (Å²) in [5.74, 6) is 0.